The number of thioether (sulfide) groups is 1. The minimum Gasteiger partial charge on any atom is -0.296 e. The SMILES string of the molecule is O=C(Nc1nc2ccc(SC(F)F)cc2s1)/C(=C/c1cccs1)n1nnnc1-c1ccccc1. The topological polar surface area (TPSA) is 85.6 Å². The average molecular weight is 513 g/mol. The molecule has 0 radical (unpaired) electrons. The molecule has 3 aromatic heterocycles. The highest BCUT2D eigenvalue weighted by Crippen LogP contribution is 2.33. The first-order valence-corrected chi connectivity index (χ1v) is 12.4. The number of alkyl halides is 2. The Hall–Kier alpha value is -3.48. The van der Waals surface area contributed by atoms with Crippen LogP contribution in [0, 0.1) is 0 Å². The van der Waals surface area contributed by atoms with Crippen LogP contribution in [0.3, 0.4) is 0 Å². The minimum atomic E-state index is -2.51. The second kappa shape index (κ2) is 9.79. The molecule has 0 saturated carbocycles. The Morgan fingerprint density at radius 3 is 2.74 bits per heavy atom. The molecule has 1 N–H and O–H groups in total. The van der Waals surface area contributed by atoms with Gasteiger partial charge in [-0.2, -0.15) is 13.5 Å². The number of benzene rings is 2. The second-order valence-corrected chi connectivity index (χ2v) is 9.88. The van der Waals surface area contributed by atoms with Crippen molar-refractivity contribution in [3.8, 4) is 11.4 Å². The fraction of sp³-hybridized carbons (Fsp3) is 0.0455. The number of carbonyl (C=O) groups excluding carboxylic acids is 1. The Labute approximate surface area is 204 Å². The summed E-state index contributed by atoms with van der Waals surface area (Å²) in [5.41, 5.74) is 1.57. The molecule has 34 heavy (non-hydrogen) atoms. The monoisotopic (exact) mass is 512 g/mol. The lowest BCUT2D eigenvalue weighted by Gasteiger charge is -2.09. The van der Waals surface area contributed by atoms with Gasteiger partial charge in [-0.25, -0.2) is 4.98 Å². The van der Waals surface area contributed by atoms with Crippen molar-refractivity contribution < 1.29 is 13.6 Å². The zero-order valence-corrected chi connectivity index (χ0v) is 19.6. The number of anilines is 1. The van der Waals surface area contributed by atoms with E-state index in [-0.39, 0.29) is 5.70 Å². The molecular formula is C22H14F2N6OS3. The van der Waals surface area contributed by atoms with Gasteiger partial charge in [0.05, 0.1) is 10.2 Å². The summed E-state index contributed by atoms with van der Waals surface area (Å²) in [6, 6.07) is 17.9. The molecule has 0 spiro atoms. The van der Waals surface area contributed by atoms with Gasteiger partial charge in [0.1, 0.15) is 5.70 Å². The number of amides is 1. The van der Waals surface area contributed by atoms with Crippen molar-refractivity contribution in [2.75, 3.05) is 5.32 Å². The van der Waals surface area contributed by atoms with Gasteiger partial charge in [0.15, 0.2) is 11.0 Å². The van der Waals surface area contributed by atoms with Gasteiger partial charge < -0.3 is 0 Å². The molecule has 0 fully saturated rings. The van der Waals surface area contributed by atoms with E-state index >= 15 is 0 Å². The van der Waals surface area contributed by atoms with Crippen molar-refractivity contribution in [1.29, 1.82) is 0 Å². The first kappa shape index (κ1) is 22.3. The van der Waals surface area contributed by atoms with Gasteiger partial charge in [0.25, 0.3) is 11.7 Å². The van der Waals surface area contributed by atoms with E-state index in [1.165, 1.54) is 27.4 Å². The van der Waals surface area contributed by atoms with E-state index in [1.54, 1.807) is 24.3 Å². The smallest absolute Gasteiger partial charge is 0.288 e. The van der Waals surface area contributed by atoms with Crippen molar-refractivity contribution in [3.05, 3.63) is 70.9 Å². The number of nitrogens with zero attached hydrogens (tertiary/aromatic N) is 5. The van der Waals surface area contributed by atoms with E-state index in [4.69, 9.17) is 0 Å². The number of thiazole rings is 1. The van der Waals surface area contributed by atoms with E-state index in [1.807, 2.05) is 47.8 Å². The summed E-state index contributed by atoms with van der Waals surface area (Å²) < 4.78 is 27.5. The molecule has 12 heteroatoms. The van der Waals surface area contributed by atoms with E-state index < -0.39 is 11.7 Å². The Morgan fingerprint density at radius 2 is 1.97 bits per heavy atom. The molecule has 5 rings (SSSR count). The van der Waals surface area contributed by atoms with Gasteiger partial charge in [0, 0.05) is 15.3 Å². The molecule has 170 valence electrons. The summed E-state index contributed by atoms with van der Waals surface area (Å²) in [4.78, 5) is 19.1. The molecule has 0 unspecified atom stereocenters. The Morgan fingerprint density at radius 1 is 1.12 bits per heavy atom. The van der Waals surface area contributed by atoms with Crippen LogP contribution in [0.25, 0.3) is 33.4 Å². The van der Waals surface area contributed by atoms with Crippen LogP contribution < -0.4 is 5.32 Å². The van der Waals surface area contributed by atoms with Crippen LogP contribution in [0.2, 0.25) is 0 Å². The largest absolute Gasteiger partial charge is 0.296 e. The van der Waals surface area contributed by atoms with Crippen molar-refractivity contribution in [2.45, 2.75) is 10.7 Å². The fourth-order valence-electron chi connectivity index (χ4n) is 3.14. The molecule has 0 aliphatic heterocycles. The van der Waals surface area contributed by atoms with Crippen LogP contribution in [0.5, 0.6) is 0 Å². The molecular weight excluding hydrogens is 498 g/mol. The predicted octanol–water partition coefficient (Wildman–Crippen LogP) is 5.96. The maximum Gasteiger partial charge on any atom is 0.288 e. The highest BCUT2D eigenvalue weighted by Gasteiger charge is 2.21. The molecule has 0 atom stereocenters. The molecule has 0 aliphatic carbocycles. The van der Waals surface area contributed by atoms with E-state index in [0.29, 0.717) is 37.8 Å². The number of tetrazole rings is 1. The molecule has 2 aromatic carbocycles. The van der Waals surface area contributed by atoms with Gasteiger partial charge >= 0.3 is 0 Å². The van der Waals surface area contributed by atoms with E-state index in [0.717, 1.165) is 10.4 Å². The van der Waals surface area contributed by atoms with Crippen LogP contribution in [0.15, 0.2) is 70.9 Å². The first-order valence-electron chi connectivity index (χ1n) is 9.83. The lowest BCUT2D eigenvalue weighted by Crippen LogP contribution is -2.19. The highest BCUT2D eigenvalue weighted by atomic mass is 32.2. The van der Waals surface area contributed by atoms with Crippen LogP contribution in [0.4, 0.5) is 13.9 Å². The molecule has 1 amide bonds. The van der Waals surface area contributed by atoms with Crippen LogP contribution >= 0.6 is 34.4 Å². The van der Waals surface area contributed by atoms with E-state index in [2.05, 4.69) is 25.8 Å². The van der Waals surface area contributed by atoms with Crippen LogP contribution in [-0.4, -0.2) is 36.9 Å². The number of hydrogen-bond acceptors (Lipinski definition) is 8. The van der Waals surface area contributed by atoms with Crippen LogP contribution in [-0.2, 0) is 4.79 Å². The maximum absolute atomic E-state index is 13.4. The normalized spacial score (nSPS) is 11.9. The fourth-order valence-corrected chi connectivity index (χ4v) is 5.31. The minimum absolute atomic E-state index is 0.208. The van der Waals surface area contributed by atoms with Gasteiger partial charge in [-0.1, -0.05) is 59.5 Å². The lowest BCUT2D eigenvalue weighted by atomic mass is 10.2. The van der Waals surface area contributed by atoms with Crippen molar-refractivity contribution >= 4 is 67.5 Å². The van der Waals surface area contributed by atoms with Crippen LogP contribution in [0.1, 0.15) is 4.88 Å². The quantitative estimate of drug-likeness (QED) is 0.214. The van der Waals surface area contributed by atoms with Gasteiger partial charge in [0.2, 0.25) is 0 Å². The van der Waals surface area contributed by atoms with Crippen molar-refractivity contribution in [2.24, 2.45) is 0 Å². The Bertz CT molecular complexity index is 1460. The molecule has 0 aliphatic rings. The number of rotatable bonds is 7. The molecule has 7 nitrogen and oxygen atoms in total. The molecule has 3 heterocycles. The zero-order valence-electron chi connectivity index (χ0n) is 17.1. The summed E-state index contributed by atoms with van der Waals surface area (Å²) in [7, 11) is 0. The number of thiophene rings is 1. The van der Waals surface area contributed by atoms with Crippen molar-refractivity contribution in [1.82, 2.24) is 25.2 Å². The third-order valence-electron chi connectivity index (χ3n) is 4.59. The molecule has 5 aromatic rings. The summed E-state index contributed by atoms with van der Waals surface area (Å²) in [6.07, 6.45) is 1.70. The predicted molar refractivity (Wildman–Crippen MR) is 132 cm³/mol. The number of nitrogens with one attached hydrogen (secondary N) is 1. The summed E-state index contributed by atoms with van der Waals surface area (Å²) in [5.74, 6) is -2.56. The third-order valence-corrected chi connectivity index (χ3v) is 7.05. The lowest BCUT2D eigenvalue weighted by molar-refractivity contribution is -0.111. The van der Waals surface area contributed by atoms with Gasteiger partial charge in [-0.15, -0.1) is 16.4 Å². The second-order valence-electron chi connectivity index (χ2n) is 6.81. The highest BCUT2D eigenvalue weighted by molar-refractivity contribution is 7.99. The Kier molecular flexibility index (Phi) is 6.43. The summed E-state index contributed by atoms with van der Waals surface area (Å²) in [6.45, 7) is 0. The number of hydrogen-bond donors (Lipinski definition) is 1. The average Bonchev–Trinajstić information content (AvgIpc) is 3.58. The number of halogens is 2. The molecule has 0 bridgehead atoms. The summed E-state index contributed by atoms with van der Waals surface area (Å²) in [5, 5.41) is 17.0. The van der Waals surface area contributed by atoms with E-state index in [9.17, 15) is 13.6 Å². The maximum atomic E-state index is 13.4. The number of carbonyl (C=O) groups is 1. The third kappa shape index (κ3) is 4.88. The van der Waals surface area contributed by atoms with Crippen molar-refractivity contribution in [3.63, 3.8) is 0 Å². The number of aromatic nitrogens is 5. The molecule has 0 saturated heterocycles. The van der Waals surface area contributed by atoms with Gasteiger partial charge in [-0.05, 0) is 46.1 Å². The number of fused-ring (bicyclic) bond motifs is 1. The Balaban J connectivity index is 1.49. The van der Waals surface area contributed by atoms with Gasteiger partial charge in [-0.3, -0.25) is 10.1 Å². The summed E-state index contributed by atoms with van der Waals surface area (Å²) >= 11 is 3.14. The first-order chi connectivity index (χ1) is 16.6. The zero-order chi connectivity index (χ0) is 23.5. The standard InChI is InChI=1S/C22H14F2N6OS3/c23-21(24)33-15-8-9-16-18(12-15)34-22(25-16)26-20(31)17(11-14-7-4-10-32-14)30-19(27-28-29-30)13-5-2-1-3-6-13/h1-12,21H,(H,25,26,31)/b17-11-.